The zero-order valence-corrected chi connectivity index (χ0v) is 13.6. The topological polar surface area (TPSA) is 44.8 Å². The molecule has 0 radical (unpaired) electrons. The largest absolute Gasteiger partial charge is 0.379 e. The maximum atomic E-state index is 12.3. The van der Waals surface area contributed by atoms with Crippen LogP contribution in [0.4, 0.5) is 0 Å². The molecule has 2 bridgehead atoms. The summed E-state index contributed by atoms with van der Waals surface area (Å²) in [4.78, 5) is 17.2. The second kappa shape index (κ2) is 6.10. The van der Waals surface area contributed by atoms with E-state index in [4.69, 9.17) is 4.74 Å². The van der Waals surface area contributed by atoms with Crippen molar-refractivity contribution in [3.8, 4) is 0 Å². The maximum Gasteiger partial charge on any atom is 0.234 e. The number of fused-ring (bicyclic) bond motifs is 2. The molecule has 5 nitrogen and oxygen atoms in total. The number of piperidine rings is 1. The highest BCUT2D eigenvalue weighted by Gasteiger charge is 2.44. The number of morpholine rings is 1. The lowest BCUT2D eigenvalue weighted by molar-refractivity contribution is -0.123. The summed E-state index contributed by atoms with van der Waals surface area (Å²) < 4.78 is 5.41. The molecular formula is C17H29N3O2. The van der Waals surface area contributed by atoms with Crippen molar-refractivity contribution in [2.45, 2.75) is 38.1 Å². The Hall–Kier alpha value is -0.650. The van der Waals surface area contributed by atoms with Crippen LogP contribution in [0.1, 0.15) is 32.1 Å². The van der Waals surface area contributed by atoms with Crippen molar-refractivity contribution < 1.29 is 9.53 Å². The molecule has 1 amide bonds. The third-order valence-corrected chi connectivity index (χ3v) is 6.15. The molecular weight excluding hydrogens is 278 g/mol. The van der Waals surface area contributed by atoms with Gasteiger partial charge in [0.2, 0.25) is 5.91 Å². The van der Waals surface area contributed by atoms with Gasteiger partial charge in [0.15, 0.2) is 0 Å². The third kappa shape index (κ3) is 3.31. The van der Waals surface area contributed by atoms with Crippen molar-refractivity contribution in [1.82, 2.24) is 15.1 Å². The van der Waals surface area contributed by atoms with Crippen LogP contribution in [-0.4, -0.2) is 74.2 Å². The normalized spacial score (nSPS) is 34.0. The number of ether oxygens (including phenoxy) is 1. The molecule has 4 aliphatic rings. The molecule has 4 rings (SSSR count). The molecule has 0 aromatic rings. The molecule has 2 aliphatic carbocycles. The Labute approximate surface area is 133 Å². The number of carbonyl (C=O) groups is 1. The summed E-state index contributed by atoms with van der Waals surface area (Å²) in [6, 6.07) is 0.694. The fourth-order valence-corrected chi connectivity index (χ4v) is 4.55. The average Bonchev–Trinajstić information content (AvgIpc) is 2.97. The number of nitrogens with one attached hydrogen (secondary N) is 1. The summed E-state index contributed by atoms with van der Waals surface area (Å²) >= 11 is 0. The minimum absolute atomic E-state index is 0.237. The molecule has 0 spiro atoms. The molecule has 2 aliphatic heterocycles. The maximum absolute atomic E-state index is 12.3. The SMILES string of the molecule is O=C(CN1C[C@@H]2CC[C@H]1C2)NCC1(CN2CCOCC2)CC1. The summed E-state index contributed by atoms with van der Waals surface area (Å²) in [5.41, 5.74) is 0.358. The number of rotatable bonds is 6. The molecule has 0 aromatic heterocycles. The van der Waals surface area contributed by atoms with Crippen molar-refractivity contribution in [3.63, 3.8) is 0 Å². The standard InChI is InChI=1S/C17H29N3O2/c21-16(11-20-10-14-1-2-15(20)9-14)18-12-17(3-4-17)13-19-5-7-22-8-6-19/h14-15H,1-13H2,(H,18,21)/t14-,15+/m1/s1. The first kappa shape index (κ1) is 14.9. The van der Waals surface area contributed by atoms with Gasteiger partial charge in [-0.1, -0.05) is 0 Å². The van der Waals surface area contributed by atoms with E-state index in [1.807, 2.05) is 0 Å². The Morgan fingerprint density at radius 2 is 2.05 bits per heavy atom. The van der Waals surface area contributed by atoms with Crippen LogP contribution in [0.3, 0.4) is 0 Å². The molecule has 2 atom stereocenters. The molecule has 124 valence electrons. The predicted octanol–water partition coefficient (Wildman–Crippen LogP) is 0.699. The lowest BCUT2D eigenvalue weighted by atomic mass is 10.1. The monoisotopic (exact) mass is 307 g/mol. The van der Waals surface area contributed by atoms with Gasteiger partial charge in [0.25, 0.3) is 0 Å². The second-order valence-electron chi connectivity index (χ2n) is 7.93. The van der Waals surface area contributed by atoms with E-state index in [1.54, 1.807) is 0 Å². The van der Waals surface area contributed by atoms with E-state index in [0.717, 1.165) is 51.9 Å². The number of hydrogen-bond donors (Lipinski definition) is 1. The van der Waals surface area contributed by atoms with Gasteiger partial charge in [-0.15, -0.1) is 0 Å². The Kier molecular flexibility index (Phi) is 4.13. The van der Waals surface area contributed by atoms with Gasteiger partial charge in [-0.3, -0.25) is 14.6 Å². The molecule has 5 heteroatoms. The molecule has 0 aromatic carbocycles. The van der Waals surface area contributed by atoms with E-state index in [0.29, 0.717) is 18.0 Å². The van der Waals surface area contributed by atoms with Gasteiger partial charge in [0.1, 0.15) is 0 Å². The van der Waals surface area contributed by atoms with Crippen LogP contribution in [0.5, 0.6) is 0 Å². The van der Waals surface area contributed by atoms with Crippen molar-refractivity contribution >= 4 is 5.91 Å². The molecule has 2 saturated heterocycles. The van der Waals surface area contributed by atoms with Crippen LogP contribution in [0, 0.1) is 11.3 Å². The summed E-state index contributed by atoms with van der Waals surface area (Å²) in [6.45, 7) is 7.58. The smallest absolute Gasteiger partial charge is 0.234 e. The Bertz CT molecular complexity index is 418. The van der Waals surface area contributed by atoms with Gasteiger partial charge < -0.3 is 10.1 Å². The van der Waals surface area contributed by atoms with E-state index in [9.17, 15) is 4.79 Å². The van der Waals surface area contributed by atoms with Crippen LogP contribution >= 0.6 is 0 Å². The van der Waals surface area contributed by atoms with Crippen molar-refractivity contribution in [2.24, 2.45) is 11.3 Å². The number of carbonyl (C=O) groups excluding carboxylic acids is 1. The fourth-order valence-electron chi connectivity index (χ4n) is 4.55. The van der Waals surface area contributed by atoms with Crippen LogP contribution in [0.2, 0.25) is 0 Å². The first-order valence-electron chi connectivity index (χ1n) is 9.03. The van der Waals surface area contributed by atoms with E-state index in [2.05, 4.69) is 15.1 Å². The first-order valence-corrected chi connectivity index (χ1v) is 9.03. The van der Waals surface area contributed by atoms with E-state index in [1.165, 1.54) is 32.1 Å². The first-order chi connectivity index (χ1) is 10.7. The lowest BCUT2D eigenvalue weighted by Crippen LogP contribution is -2.45. The molecule has 2 saturated carbocycles. The highest BCUT2D eigenvalue weighted by molar-refractivity contribution is 5.78. The molecule has 1 N–H and O–H groups in total. The summed E-state index contributed by atoms with van der Waals surface area (Å²) in [7, 11) is 0. The van der Waals surface area contributed by atoms with Crippen molar-refractivity contribution in [1.29, 1.82) is 0 Å². The predicted molar refractivity (Wildman–Crippen MR) is 84.6 cm³/mol. The van der Waals surface area contributed by atoms with Crippen molar-refractivity contribution in [2.75, 3.05) is 52.5 Å². The Morgan fingerprint density at radius 3 is 2.68 bits per heavy atom. The van der Waals surface area contributed by atoms with Gasteiger partial charge in [0.05, 0.1) is 19.8 Å². The van der Waals surface area contributed by atoms with E-state index < -0.39 is 0 Å². The van der Waals surface area contributed by atoms with Gasteiger partial charge in [0, 0.05) is 44.2 Å². The van der Waals surface area contributed by atoms with Crippen molar-refractivity contribution in [3.05, 3.63) is 0 Å². The van der Waals surface area contributed by atoms with Gasteiger partial charge in [-0.2, -0.15) is 0 Å². The highest BCUT2D eigenvalue weighted by atomic mass is 16.5. The van der Waals surface area contributed by atoms with Crippen LogP contribution in [0.15, 0.2) is 0 Å². The summed E-state index contributed by atoms with van der Waals surface area (Å²) in [6.07, 6.45) is 6.54. The summed E-state index contributed by atoms with van der Waals surface area (Å²) in [5.74, 6) is 1.11. The summed E-state index contributed by atoms with van der Waals surface area (Å²) in [5, 5.41) is 3.22. The molecule has 2 heterocycles. The number of likely N-dealkylation sites (tertiary alicyclic amines) is 1. The Balaban J connectivity index is 1.20. The molecule has 0 unspecified atom stereocenters. The second-order valence-corrected chi connectivity index (χ2v) is 7.93. The minimum atomic E-state index is 0.237. The Morgan fingerprint density at radius 1 is 1.23 bits per heavy atom. The third-order valence-electron chi connectivity index (χ3n) is 6.15. The van der Waals surface area contributed by atoms with E-state index in [-0.39, 0.29) is 5.91 Å². The van der Waals surface area contributed by atoms with Crippen LogP contribution in [-0.2, 0) is 9.53 Å². The zero-order valence-electron chi connectivity index (χ0n) is 13.6. The van der Waals surface area contributed by atoms with Gasteiger partial charge in [-0.05, 0) is 38.0 Å². The minimum Gasteiger partial charge on any atom is -0.379 e. The number of amides is 1. The highest BCUT2D eigenvalue weighted by Crippen LogP contribution is 2.45. The zero-order chi connectivity index (χ0) is 15.0. The van der Waals surface area contributed by atoms with Crippen LogP contribution in [0.25, 0.3) is 0 Å². The average molecular weight is 307 g/mol. The van der Waals surface area contributed by atoms with Gasteiger partial charge >= 0.3 is 0 Å². The quantitative estimate of drug-likeness (QED) is 0.784. The lowest BCUT2D eigenvalue weighted by Gasteiger charge is -2.31. The fraction of sp³-hybridized carbons (Fsp3) is 0.941. The molecule has 22 heavy (non-hydrogen) atoms. The molecule has 4 fully saturated rings. The number of nitrogens with zero attached hydrogens (tertiary/aromatic N) is 2. The van der Waals surface area contributed by atoms with E-state index >= 15 is 0 Å². The van der Waals surface area contributed by atoms with Crippen LogP contribution < -0.4 is 5.32 Å². The van der Waals surface area contributed by atoms with Gasteiger partial charge in [-0.25, -0.2) is 0 Å². The number of hydrogen-bond acceptors (Lipinski definition) is 4.